The van der Waals surface area contributed by atoms with Crippen LogP contribution in [0.3, 0.4) is 0 Å². The van der Waals surface area contributed by atoms with Gasteiger partial charge in [-0.05, 0) is 16.7 Å². The van der Waals surface area contributed by atoms with Gasteiger partial charge in [-0.15, -0.1) is 0 Å². The van der Waals surface area contributed by atoms with E-state index in [1.807, 2.05) is 91.0 Å². The third-order valence-electron chi connectivity index (χ3n) is 6.02. The summed E-state index contributed by atoms with van der Waals surface area (Å²) < 4.78 is 18.6. The van der Waals surface area contributed by atoms with Crippen LogP contribution < -0.4 is 5.32 Å². The molecule has 0 radical (unpaired) electrons. The van der Waals surface area contributed by atoms with Crippen LogP contribution in [0, 0.1) is 0 Å². The zero-order valence-corrected chi connectivity index (χ0v) is 19.2. The fourth-order valence-corrected chi connectivity index (χ4v) is 4.12. The molecule has 180 valence electrons. The van der Waals surface area contributed by atoms with Crippen molar-refractivity contribution < 1.29 is 24.4 Å². The Morgan fingerprint density at radius 2 is 1.12 bits per heavy atom. The molecule has 0 unspecified atom stereocenters. The second kappa shape index (κ2) is 12.8. The molecule has 1 fully saturated rings. The number of rotatable bonds is 10. The molecule has 0 aliphatic carbocycles. The zero-order chi connectivity index (χ0) is 23.6. The van der Waals surface area contributed by atoms with Gasteiger partial charge < -0.3 is 29.7 Å². The van der Waals surface area contributed by atoms with Crippen LogP contribution >= 0.6 is 0 Å². The maximum Gasteiger partial charge on any atom is 0.114 e. The summed E-state index contributed by atoms with van der Waals surface area (Å²) in [5.74, 6) is 0. The summed E-state index contributed by atoms with van der Waals surface area (Å²) >= 11 is 0. The SMILES string of the molecule is O[C@@H]1[C@@H](OCc2ccccc2)[C@H](OCc2ccccc2)[C@H](COCc2ccccc2)NC[C@@H]1O. The fraction of sp³-hybridized carbons (Fsp3) is 0.357. The maximum absolute atomic E-state index is 10.9. The molecule has 6 nitrogen and oxygen atoms in total. The molecule has 0 bridgehead atoms. The molecule has 34 heavy (non-hydrogen) atoms. The Kier molecular flexibility index (Phi) is 9.21. The van der Waals surface area contributed by atoms with Gasteiger partial charge in [0.25, 0.3) is 0 Å². The lowest BCUT2D eigenvalue weighted by atomic mass is 10.00. The lowest BCUT2D eigenvalue weighted by Crippen LogP contribution is -2.52. The summed E-state index contributed by atoms with van der Waals surface area (Å²) in [6, 6.07) is 29.4. The van der Waals surface area contributed by atoms with Crippen molar-refractivity contribution >= 4 is 0 Å². The number of hydrogen-bond acceptors (Lipinski definition) is 6. The van der Waals surface area contributed by atoms with Crippen LogP contribution in [0.15, 0.2) is 91.0 Å². The van der Waals surface area contributed by atoms with Crippen LogP contribution in [0.2, 0.25) is 0 Å². The number of aliphatic hydroxyl groups is 2. The number of benzene rings is 3. The van der Waals surface area contributed by atoms with Crippen molar-refractivity contribution in [1.82, 2.24) is 5.32 Å². The van der Waals surface area contributed by atoms with E-state index in [4.69, 9.17) is 14.2 Å². The van der Waals surface area contributed by atoms with Gasteiger partial charge in [-0.1, -0.05) is 91.0 Å². The van der Waals surface area contributed by atoms with Gasteiger partial charge in [0.15, 0.2) is 0 Å². The molecule has 1 heterocycles. The highest BCUT2D eigenvalue weighted by Gasteiger charge is 2.42. The Hall–Kier alpha value is -2.58. The van der Waals surface area contributed by atoms with Crippen molar-refractivity contribution in [2.24, 2.45) is 0 Å². The molecule has 6 heteroatoms. The maximum atomic E-state index is 10.9. The van der Waals surface area contributed by atoms with E-state index >= 15 is 0 Å². The largest absolute Gasteiger partial charge is 0.389 e. The summed E-state index contributed by atoms with van der Waals surface area (Å²) in [5.41, 5.74) is 3.09. The molecule has 5 atom stereocenters. The highest BCUT2D eigenvalue weighted by molar-refractivity contribution is 5.15. The number of β-amino-alcohol motifs (C(OH)–C–C–N with tert-alkyl or cyclic N) is 1. The molecule has 0 saturated carbocycles. The highest BCUT2D eigenvalue weighted by Crippen LogP contribution is 2.22. The van der Waals surface area contributed by atoms with E-state index in [0.29, 0.717) is 26.4 Å². The van der Waals surface area contributed by atoms with Gasteiger partial charge in [0.2, 0.25) is 0 Å². The minimum absolute atomic E-state index is 0.219. The van der Waals surface area contributed by atoms with Gasteiger partial charge in [-0.2, -0.15) is 0 Å². The Bertz CT molecular complexity index is 956. The average Bonchev–Trinajstić information content (AvgIpc) is 3.00. The summed E-state index contributed by atoms with van der Waals surface area (Å²) in [4.78, 5) is 0. The van der Waals surface area contributed by atoms with Crippen molar-refractivity contribution in [3.8, 4) is 0 Å². The Morgan fingerprint density at radius 1 is 0.647 bits per heavy atom. The average molecular weight is 464 g/mol. The van der Waals surface area contributed by atoms with Crippen LogP contribution in [0.1, 0.15) is 16.7 Å². The second-order valence-electron chi connectivity index (χ2n) is 8.60. The first-order chi connectivity index (χ1) is 16.7. The molecule has 4 rings (SSSR count). The van der Waals surface area contributed by atoms with Crippen molar-refractivity contribution in [3.63, 3.8) is 0 Å². The van der Waals surface area contributed by atoms with Crippen molar-refractivity contribution in [2.45, 2.75) is 50.3 Å². The number of aliphatic hydroxyl groups excluding tert-OH is 2. The van der Waals surface area contributed by atoms with Gasteiger partial charge in [0.1, 0.15) is 18.3 Å². The van der Waals surface area contributed by atoms with E-state index < -0.39 is 24.4 Å². The van der Waals surface area contributed by atoms with E-state index in [-0.39, 0.29) is 12.6 Å². The monoisotopic (exact) mass is 463 g/mol. The topological polar surface area (TPSA) is 80.2 Å². The number of hydrogen-bond donors (Lipinski definition) is 3. The van der Waals surface area contributed by atoms with Crippen LogP contribution in [0.4, 0.5) is 0 Å². The molecule has 0 amide bonds. The van der Waals surface area contributed by atoms with E-state index in [9.17, 15) is 10.2 Å². The van der Waals surface area contributed by atoms with Crippen LogP contribution in [-0.2, 0) is 34.0 Å². The third kappa shape index (κ3) is 6.96. The van der Waals surface area contributed by atoms with Gasteiger partial charge >= 0.3 is 0 Å². The normalized spacial score (nSPS) is 25.1. The second-order valence-corrected chi connectivity index (χ2v) is 8.60. The predicted octanol–water partition coefficient (Wildman–Crippen LogP) is 3.07. The molecule has 0 aromatic heterocycles. The lowest BCUT2D eigenvalue weighted by molar-refractivity contribution is -0.157. The number of ether oxygens (including phenoxy) is 3. The molecule has 3 aromatic rings. The first-order valence-electron chi connectivity index (χ1n) is 11.7. The molecule has 3 aromatic carbocycles. The minimum atomic E-state index is -1.10. The third-order valence-corrected chi connectivity index (χ3v) is 6.02. The lowest BCUT2D eigenvalue weighted by Gasteiger charge is -2.34. The van der Waals surface area contributed by atoms with Crippen molar-refractivity contribution in [3.05, 3.63) is 108 Å². The molecule has 3 N–H and O–H groups in total. The van der Waals surface area contributed by atoms with Gasteiger partial charge in [-0.3, -0.25) is 0 Å². The summed E-state index contributed by atoms with van der Waals surface area (Å²) in [6.45, 7) is 1.69. The zero-order valence-electron chi connectivity index (χ0n) is 19.2. The van der Waals surface area contributed by atoms with E-state index in [1.54, 1.807) is 0 Å². The van der Waals surface area contributed by atoms with E-state index in [0.717, 1.165) is 16.7 Å². The number of nitrogens with one attached hydrogen (secondary N) is 1. The van der Waals surface area contributed by atoms with Gasteiger partial charge in [0, 0.05) is 6.54 Å². The first-order valence-corrected chi connectivity index (χ1v) is 11.7. The van der Waals surface area contributed by atoms with Crippen molar-refractivity contribution in [1.29, 1.82) is 0 Å². The summed E-state index contributed by atoms with van der Waals surface area (Å²) in [7, 11) is 0. The molecule has 0 spiro atoms. The van der Waals surface area contributed by atoms with E-state index in [2.05, 4.69) is 5.32 Å². The predicted molar refractivity (Wildman–Crippen MR) is 130 cm³/mol. The molecule has 1 aliphatic rings. The Labute approximate surface area is 201 Å². The van der Waals surface area contributed by atoms with Crippen LogP contribution in [0.5, 0.6) is 0 Å². The summed E-state index contributed by atoms with van der Waals surface area (Å²) in [5, 5.41) is 24.8. The first kappa shape index (κ1) is 24.5. The molecular formula is C28H33NO5. The van der Waals surface area contributed by atoms with Gasteiger partial charge in [-0.25, -0.2) is 0 Å². The minimum Gasteiger partial charge on any atom is -0.389 e. The molecular weight excluding hydrogens is 430 g/mol. The standard InChI is InChI=1S/C28H33NO5/c30-25-16-29-24(20-32-17-21-10-4-1-5-11-21)27(33-18-22-12-6-2-7-13-22)28(26(25)31)34-19-23-14-8-3-9-15-23/h1-15,24-31H,16-20H2/t24-,25-,26-,27+,28+/m0/s1. The molecule has 1 aliphatic heterocycles. The Balaban J connectivity index is 1.49. The van der Waals surface area contributed by atoms with E-state index in [1.165, 1.54) is 0 Å². The smallest absolute Gasteiger partial charge is 0.114 e. The summed E-state index contributed by atoms with van der Waals surface area (Å²) in [6.07, 6.45) is -3.36. The quantitative estimate of drug-likeness (QED) is 0.429. The Morgan fingerprint density at radius 3 is 1.65 bits per heavy atom. The van der Waals surface area contributed by atoms with Crippen LogP contribution in [-0.4, -0.2) is 53.8 Å². The van der Waals surface area contributed by atoms with Crippen LogP contribution in [0.25, 0.3) is 0 Å². The van der Waals surface area contributed by atoms with Crippen molar-refractivity contribution in [2.75, 3.05) is 13.2 Å². The fourth-order valence-electron chi connectivity index (χ4n) is 4.12. The van der Waals surface area contributed by atoms with Gasteiger partial charge in [0.05, 0.1) is 38.6 Å². The highest BCUT2D eigenvalue weighted by atomic mass is 16.6. The molecule has 1 saturated heterocycles.